The lowest BCUT2D eigenvalue weighted by atomic mass is 9.87. The van der Waals surface area contributed by atoms with Crippen LogP contribution in [0.15, 0.2) is 11.6 Å². The van der Waals surface area contributed by atoms with Crippen LogP contribution in [0.4, 0.5) is 0 Å². The Hall–Kier alpha value is -0.830. The maximum absolute atomic E-state index is 11.4. The maximum Gasteiger partial charge on any atom is 0.333 e. The molecule has 0 radical (unpaired) electrons. The number of carbonyl (C=O) groups excluding carboxylic acids is 1. The number of unbranched alkanes of at least 4 members (excludes halogenated alkanes) is 1. The van der Waals surface area contributed by atoms with Crippen molar-refractivity contribution in [3.05, 3.63) is 11.6 Å². The molecule has 84 valence electrons. The summed E-state index contributed by atoms with van der Waals surface area (Å²) in [5.41, 5.74) is 0.803. The highest BCUT2D eigenvalue weighted by Crippen LogP contribution is 2.42. The van der Waals surface area contributed by atoms with Crippen molar-refractivity contribution in [2.45, 2.75) is 44.8 Å². The number of ether oxygens (including phenoxy) is 2. The molecular weight excluding hydrogens is 192 g/mol. The number of fused-ring (bicyclic) bond motifs is 1. The first-order valence-electron chi connectivity index (χ1n) is 5.70. The fourth-order valence-corrected chi connectivity index (χ4v) is 2.31. The molecule has 0 saturated carbocycles. The first-order chi connectivity index (χ1) is 7.26. The van der Waals surface area contributed by atoms with Gasteiger partial charge in [-0.05, 0) is 6.42 Å². The van der Waals surface area contributed by atoms with Crippen molar-refractivity contribution in [3.63, 3.8) is 0 Å². The lowest BCUT2D eigenvalue weighted by Gasteiger charge is -2.16. The molecule has 0 aromatic rings. The van der Waals surface area contributed by atoms with Crippen LogP contribution in [-0.4, -0.2) is 25.3 Å². The van der Waals surface area contributed by atoms with Gasteiger partial charge < -0.3 is 9.47 Å². The molecule has 0 bridgehead atoms. The Morgan fingerprint density at radius 2 is 2.47 bits per heavy atom. The number of esters is 1. The van der Waals surface area contributed by atoms with Gasteiger partial charge in [0.15, 0.2) is 0 Å². The van der Waals surface area contributed by atoms with Crippen molar-refractivity contribution in [1.82, 2.24) is 0 Å². The molecule has 0 unspecified atom stereocenters. The predicted octanol–water partition coefficient (Wildman–Crippen LogP) is 2.06. The number of hydrogen-bond acceptors (Lipinski definition) is 3. The van der Waals surface area contributed by atoms with Crippen LogP contribution in [0.5, 0.6) is 0 Å². The standard InChI is InChI=1S/C12H18O3/c1-3-4-5-8-6-9(12(13)14-2)7-10-11(8)15-10/h6,8,10-11H,3-5,7H2,1-2H3/t8-,10+,11-/m1/s1. The molecular formula is C12H18O3. The third kappa shape index (κ3) is 2.23. The van der Waals surface area contributed by atoms with Crippen LogP contribution in [0.25, 0.3) is 0 Å². The second-order valence-corrected chi connectivity index (χ2v) is 4.33. The van der Waals surface area contributed by atoms with E-state index in [1.54, 1.807) is 0 Å². The van der Waals surface area contributed by atoms with Crippen LogP contribution >= 0.6 is 0 Å². The smallest absolute Gasteiger partial charge is 0.333 e. The Bertz CT molecular complexity index is 283. The Balaban J connectivity index is 2.00. The van der Waals surface area contributed by atoms with Crippen molar-refractivity contribution in [2.24, 2.45) is 5.92 Å². The average molecular weight is 210 g/mol. The molecule has 0 amide bonds. The number of epoxide rings is 1. The van der Waals surface area contributed by atoms with E-state index in [9.17, 15) is 4.79 Å². The van der Waals surface area contributed by atoms with Crippen LogP contribution in [0, 0.1) is 5.92 Å². The molecule has 1 aliphatic heterocycles. The summed E-state index contributed by atoms with van der Waals surface area (Å²) in [6.07, 6.45) is 6.97. The van der Waals surface area contributed by atoms with Crippen molar-refractivity contribution in [3.8, 4) is 0 Å². The lowest BCUT2D eigenvalue weighted by Crippen LogP contribution is -2.19. The summed E-state index contributed by atoms with van der Waals surface area (Å²) in [7, 11) is 1.43. The van der Waals surface area contributed by atoms with Gasteiger partial charge in [-0.3, -0.25) is 0 Å². The van der Waals surface area contributed by atoms with Crippen LogP contribution < -0.4 is 0 Å². The number of carbonyl (C=O) groups is 1. The van der Waals surface area contributed by atoms with Crippen LogP contribution in [-0.2, 0) is 14.3 Å². The first-order valence-corrected chi connectivity index (χ1v) is 5.70. The minimum atomic E-state index is -0.189. The molecule has 3 nitrogen and oxygen atoms in total. The van der Waals surface area contributed by atoms with Gasteiger partial charge in [0, 0.05) is 17.9 Å². The van der Waals surface area contributed by atoms with Crippen LogP contribution in [0.3, 0.4) is 0 Å². The van der Waals surface area contributed by atoms with Gasteiger partial charge in [0.1, 0.15) is 0 Å². The molecule has 1 saturated heterocycles. The average Bonchev–Trinajstić information content (AvgIpc) is 3.03. The van der Waals surface area contributed by atoms with Gasteiger partial charge in [0.25, 0.3) is 0 Å². The molecule has 2 aliphatic rings. The zero-order chi connectivity index (χ0) is 10.8. The third-order valence-corrected chi connectivity index (χ3v) is 3.22. The van der Waals surface area contributed by atoms with Crippen molar-refractivity contribution >= 4 is 5.97 Å². The maximum atomic E-state index is 11.4. The Kier molecular flexibility index (Phi) is 3.10. The summed E-state index contributed by atoms with van der Waals surface area (Å²) in [6, 6.07) is 0. The van der Waals surface area contributed by atoms with Crippen molar-refractivity contribution < 1.29 is 14.3 Å². The molecule has 15 heavy (non-hydrogen) atoms. The highest BCUT2D eigenvalue weighted by Gasteiger charge is 2.47. The Morgan fingerprint density at radius 1 is 1.67 bits per heavy atom. The van der Waals surface area contributed by atoms with Gasteiger partial charge in [0.2, 0.25) is 0 Å². The molecule has 0 aromatic heterocycles. The second-order valence-electron chi connectivity index (χ2n) is 4.33. The highest BCUT2D eigenvalue weighted by atomic mass is 16.6. The topological polar surface area (TPSA) is 38.8 Å². The third-order valence-electron chi connectivity index (χ3n) is 3.22. The minimum Gasteiger partial charge on any atom is -0.466 e. The fraction of sp³-hybridized carbons (Fsp3) is 0.750. The van der Waals surface area contributed by atoms with E-state index in [-0.39, 0.29) is 12.1 Å². The van der Waals surface area contributed by atoms with Gasteiger partial charge in [-0.15, -0.1) is 0 Å². The molecule has 0 spiro atoms. The van der Waals surface area contributed by atoms with Gasteiger partial charge in [0.05, 0.1) is 19.3 Å². The normalized spacial score (nSPS) is 32.9. The number of methoxy groups -OCH3 is 1. The lowest BCUT2D eigenvalue weighted by molar-refractivity contribution is -0.136. The first kappa shape index (κ1) is 10.7. The number of hydrogen-bond donors (Lipinski definition) is 0. The molecule has 1 heterocycles. The molecule has 2 rings (SSSR count). The summed E-state index contributed by atoms with van der Waals surface area (Å²) < 4.78 is 10.3. The van der Waals surface area contributed by atoms with E-state index in [4.69, 9.17) is 9.47 Å². The molecule has 3 heteroatoms. The largest absolute Gasteiger partial charge is 0.466 e. The van der Waals surface area contributed by atoms with Gasteiger partial charge >= 0.3 is 5.97 Å². The predicted molar refractivity (Wildman–Crippen MR) is 56.4 cm³/mol. The summed E-state index contributed by atoms with van der Waals surface area (Å²) in [6.45, 7) is 2.18. The molecule has 1 aliphatic carbocycles. The minimum absolute atomic E-state index is 0.189. The summed E-state index contributed by atoms with van der Waals surface area (Å²) in [4.78, 5) is 11.4. The van der Waals surface area contributed by atoms with E-state index in [2.05, 4.69) is 13.0 Å². The van der Waals surface area contributed by atoms with Crippen molar-refractivity contribution in [2.75, 3.05) is 7.11 Å². The zero-order valence-corrected chi connectivity index (χ0v) is 9.36. The summed E-state index contributed by atoms with van der Waals surface area (Å²) >= 11 is 0. The van der Waals surface area contributed by atoms with Gasteiger partial charge in [-0.2, -0.15) is 0 Å². The quantitative estimate of drug-likeness (QED) is 0.526. The molecule has 0 N–H and O–H groups in total. The van der Waals surface area contributed by atoms with E-state index < -0.39 is 0 Å². The summed E-state index contributed by atoms with van der Waals surface area (Å²) in [5, 5.41) is 0. The molecule has 1 fully saturated rings. The van der Waals surface area contributed by atoms with Gasteiger partial charge in [-0.25, -0.2) is 4.79 Å². The second kappa shape index (κ2) is 4.35. The molecule has 3 atom stereocenters. The molecule has 0 aromatic carbocycles. The zero-order valence-electron chi connectivity index (χ0n) is 9.36. The van der Waals surface area contributed by atoms with E-state index in [0.717, 1.165) is 18.4 Å². The van der Waals surface area contributed by atoms with Gasteiger partial charge in [-0.1, -0.05) is 25.8 Å². The Labute approximate surface area is 90.4 Å². The van der Waals surface area contributed by atoms with Crippen LogP contribution in [0.1, 0.15) is 32.6 Å². The van der Waals surface area contributed by atoms with E-state index in [1.165, 1.54) is 20.0 Å². The van der Waals surface area contributed by atoms with Crippen molar-refractivity contribution in [1.29, 1.82) is 0 Å². The number of rotatable bonds is 4. The van der Waals surface area contributed by atoms with Crippen LogP contribution in [0.2, 0.25) is 0 Å². The summed E-state index contributed by atoms with van der Waals surface area (Å²) in [5.74, 6) is 0.239. The fourth-order valence-electron chi connectivity index (χ4n) is 2.31. The Morgan fingerprint density at radius 3 is 3.13 bits per heavy atom. The monoisotopic (exact) mass is 210 g/mol. The van der Waals surface area contributed by atoms with E-state index in [1.807, 2.05) is 0 Å². The SMILES string of the molecule is CCCC[C@@H]1C=C(C(=O)OC)C[C@@H]2O[C@@H]21. The highest BCUT2D eigenvalue weighted by molar-refractivity contribution is 5.88. The van der Waals surface area contributed by atoms with E-state index in [0.29, 0.717) is 12.0 Å². The van der Waals surface area contributed by atoms with E-state index >= 15 is 0 Å².